The smallest absolute Gasteiger partial charge is 0.410 e. The summed E-state index contributed by atoms with van der Waals surface area (Å²) in [5.41, 5.74) is 0.242. The van der Waals surface area contributed by atoms with Gasteiger partial charge in [0.05, 0.1) is 26.6 Å². The normalized spacial score (nSPS) is 19.6. The van der Waals surface area contributed by atoms with E-state index >= 15 is 0 Å². The number of amides is 2. The van der Waals surface area contributed by atoms with Crippen LogP contribution in [0.4, 0.5) is 16.3 Å². The van der Waals surface area contributed by atoms with Crippen LogP contribution in [0, 0.1) is 11.8 Å². The second-order valence-corrected chi connectivity index (χ2v) is 9.63. The zero-order valence-corrected chi connectivity index (χ0v) is 20.2. The summed E-state index contributed by atoms with van der Waals surface area (Å²) in [5, 5.41) is 2.82. The van der Waals surface area contributed by atoms with E-state index in [0.29, 0.717) is 47.9 Å². The molecule has 10 heteroatoms. The Bertz CT molecular complexity index is 1030. The molecule has 2 aliphatic heterocycles. The third kappa shape index (κ3) is 5.32. The summed E-state index contributed by atoms with van der Waals surface area (Å²) in [6, 6.07) is 5.13. The van der Waals surface area contributed by atoms with Crippen molar-refractivity contribution in [1.82, 2.24) is 14.9 Å². The second-order valence-electron chi connectivity index (χ2n) is 9.63. The van der Waals surface area contributed by atoms with Gasteiger partial charge in [-0.05, 0) is 20.8 Å². The number of fused-ring (bicyclic) bond motifs is 1. The minimum atomic E-state index is -0.507. The van der Waals surface area contributed by atoms with E-state index in [1.54, 1.807) is 43.5 Å². The van der Waals surface area contributed by atoms with E-state index in [-0.39, 0.29) is 17.7 Å². The first kappa shape index (κ1) is 23.6. The molecule has 0 radical (unpaired) electrons. The fourth-order valence-electron chi connectivity index (χ4n) is 4.35. The van der Waals surface area contributed by atoms with Crippen molar-refractivity contribution in [1.29, 1.82) is 0 Å². The predicted octanol–water partition coefficient (Wildman–Crippen LogP) is 3.05. The summed E-state index contributed by atoms with van der Waals surface area (Å²) in [4.78, 5) is 37.9. The highest BCUT2D eigenvalue weighted by Crippen LogP contribution is 2.34. The number of ether oxygens (including phenoxy) is 3. The van der Waals surface area contributed by atoms with Gasteiger partial charge in [0.15, 0.2) is 0 Å². The van der Waals surface area contributed by atoms with Crippen LogP contribution < -0.4 is 19.7 Å². The molecule has 2 fully saturated rings. The van der Waals surface area contributed by atoms with Gasteiger partial charge in [-0.25, -0.2) is 9.78 Å². The lowest BCUT2D eigenvalue weighted by molar-refractivity contribution is 0.0282. The van der Waals surface area contributed by atoms with E-state index < -0.39 is 5.60 Å². The molecule has 2 saturated heterocycles. The molecule has 1 aromatic heterocycles. The predicted molar refractivity (Wildman–Crippen MR) is 127 cm³/mol. The number of hydrogen-bond acceptors (Lipinski definition) is 8. The van der Waals surface area contributed by atoms with Crippen molar-refractivity contribution in [2.45, 2.75) is 26.4 Å². The lowest BCUT2D eigenvalue weighted by Gasteiger charge is -2.26. The molecule has 1 N–H and O–H groups in total. The Hall–Kier alpha value is -3.56. The van der Waals surface area contributed by atoms with Gasteiger partial charge in [0.1, 0.15) is 28.6 Å². The van der Waals surface area contributed by atoms with Crippen LogP contribution in [-0.4, -0.2) is 72.9 Å². The van der Waals surface area contributed by atoms with E-state index in [9.17, 15) is 9.59 Å². The van der Waals surface area contributed by atoms with Gasteiger partial charge in [-0.2, -0.15) is 0 Å². The largest absolute Gasteiger partial charge is 0.497 e. The molecule has 0 bridgehead atoms. The average Bonchev–Trinajstić information content (AvgIpc) is 3.37. The van der Waals surface area contributed by atoms with E-state index in [1.165, 1.54) is 6.20 Å². The standard InChI is InChI=1S/C24H31N5O5/c1-24(2,3)34-23(31)29-13-15-11-28(12-16(15)14-29)21-10-25-9-20(27-21)22(30)26-17-6-18(32-4)8-19(7-17)33-5/h6-10,15-16H,11-14H2,1-5H3,(H,26,30). The summed E-state index contributed by atoms with van der Waals surface area (Å²) < 4.78 is 16.0. The maximum Gasteiger partial charge on any atom is 0.410 e. The van der Waals surface area contributed by atoms with Crippen molar-refractivity contribution in [2.24, 2.45) is 11.8 Å². The minimum absolute atomic E-state index is 0.215. The SMILES string of the molecule is COc1cc(NC(=O)c2cncc(N3CC4CN(C(=O)OC(C)(C)C)CC4C3)n2)cc(OC)c1. The van der Waals surface area contributed by atoms with Crippen molar-refractivity contribution in [2.75, 3.05) is 50.6 Å². The van der Waals surface area contributed by atoms with Crippen LogP contribution in [-0.2, 0) is 4.74 Å². The molecule has 2 aliphatic rings. The minimum Gasteiger partial charge on any atom is -0.497 e. The van der Waals surface area contributed by atoms with Gasteiger partial charge < -0.3 is 29.3 Å². The molecule has 0 saturated carbocycles. The van der Waals surface area contributed by atoms with Crippen LogP contribution in [0.5, 0.6) is 11.5 Å². The van der Waals surface area contributed by atoms with Gasteiger partial charge in [-0.3, -0.25) is 9.78 Å². The van der Waals surface area contributed by atoms with Gasteiger partial charge in [0.25, 0.3) is 5.91 Å². The molecular weight excluding hydrogens is 438 g/mol. The maximum atomic E-state index is 12.8. The Morgan fingerprint density at radius 2 is 1.59 bits per heavy atom. The number of anilines is 2. The molecule has 2 amide bonds. The fraction of sp³-hybridized carbons (Fsp3) is 0.500. The summed E-state index contributed by atoms with van der Waals surface area (Å²) in [5.74, 6) is 2.07. The molecule has 3 heterocycles. The molecule has 0 aliphatic carbocycles. The lowest BCUT2D eigenvalue weighted by Crippen LogP contribution is -2.37. The van der Waals surface area contributed by atoms with Gasteiger partial charge in [0.2, 0.25) is 0 Å². The molecule has 2 aromatic rings. The Morgan fingerprint density at radius 3 is 2.15 bits per heavy atom. The van der Waals surface area contributed by atoms with Crippen LogP contribution in [0.1, 0.15) is 31.3 Å². The quantitative estimate of drug-likeness (QED) is 0.712. The number of aromatic nitrogens is 2. The highest BCUT2D eigenvalue weighted by molar-refractivity contribution is 6.03. The lowest BCUT2D eigenvalue weighted by atomic mass is 10.0. The first-order valence-electron chi connectivity index (χ1n) is 11.2. The van der Waals surface area contributed by atoms with Gasteiger partial charge in [-0.1, -0.05) is 0 Å². The Kier molecular flexibility index (Phi) is 6.49. The van der Waals surface area contributed by atoms with Crippen LogP contribution in [0.2, 0.25) is 0 Å². The number of methoxy groups -OCH3 is 2. The summed E-state index contributed by atoms with van der Waals surface area (Å²) in [7, 11) is 3.10. The zero-order chi connectivity index (χ0) is 24.5. The Labute approximate surface area is 199 Å². The maximum absolute atomic E-state index is 12.8. The third-order valence-electron chi connectivity index (χ3n) is 5.93. The Balaban J connectivity index is 1.40. The van der Waals surface area contributed by atoms with E-state index in [1.807, 2.05) is 20.8 Å². The van der Waals surface area contributed by atoms with Gasteiger partial charge in [-0.15, -0.1) is 0 Å². The first-order valence-corrected chi connectivity index (χ1v) is 11.2. The second kappa shape index (κ2) is 9.36. The first-order chi connectivity index (χ1) is 16.1. The number of nitrogens with one attached hydrogen (secondary N) is 1. The van der Waals surface area contributed by atoms with Crippen molar-refractivity contribution < 1.29 is 23.8 Å². The van der Waals surface area contributed by atoms with Crippen LogP contribution in [0.3, 0.4) is 0 Å². The molecule has 2 atom stereocenters. The summed E-state index contributed by atoms with van der Waals surface area (Å²) in [6.45, 7) is 8.42. The number of nitrogens with zero attached hydrogens (tertiary/aromatic N) is 4. The average molecular weight is 470 g/mol. The molecular formula is C24H31N5O5. The fourth-order valence-corrected chi connectivity index (χ4v) is 4.35. The number of carbonyl (C=O) groups is 2. The third-order valence-corrected chi connectivity index (χ3v) is 5.93. The zero-order valence-electron chi connectivity index (χ0n) is 20.2. The van der Waals surface area contributed by atoms with Crippen molar-refractivity contribution in [3.63, 3.8) is 0 Å². The summed E-state index contributed by atoms with van der Waals surface area (Å²) >= 11 is 0. The highest BCUT2D eigenvalue weighted by atomic mass is 16.6. The van der Waals surface area contributed by atoms with Crippen LogP contribution >= 0.6 is 0 Å². The molecule has 182 valence electrons. The van der Waals surface area contributed by atoms with Gasteiger partial charge in [0, 0.05) is 61.9 Å². The topological polar surface area (TPSA) is 106 Å². The number of carbonyl (C=O) groups excluding carboxylic acids is 2. The number of hydrogen-bond donors (Lipinski definition) is 1. The summed E-state index contributed by atoms with van der Waals surface area (Å²) in [6.07, 6.45) is 2.84. The van der Waals surface area contributed by atoms with E-state index in [2.05, 4.69) is 20.2 Å². The molecule has 2 unspecified atom stereocenters. The number of benzene rings is 1. The number of rotatable bonds is 5. The monoisotopic (exact) mass is 469 g/mol. The number of likely N-dealkylation sites (tertiary alicyclic amines) is 1. The van der Waals surface area contributed by atoms with Crippen molar-refractivity contribution >= 4 is 23.5 Å². The molecule has 10 nitrogen and oxygen atoms in total. The van der Waals surface area contributed by atoms with Crippen LogP contribution in [0.15, 0.2) is 30.6 Å². The van der Waals surface area contributed by atoms with E-state index in [4.69, 9.17) is 14.2 Å². The molecule has 34 heavy (non-hydrogen) atoms. The van der Waals surface area contributed by atoms with Gasteiger partial charge >= 0.3 is 6.09 Å². The molecule has 0 spiro atoms. The van der Waals surface area contributed by atoms with Crippen molar-refractivity contribution in [3.05, 3.63) is 36.3 Å². The highest BCUT2D eigenvalue weighted by Gasteiger charge is 2.43. The molecule has 1 aromatic carbocycles. The van der Waals surface area contributed by atoms with Crippen LogP contribution in [0.25, 0.3) is 0 Å². The van der Waals surface area contributed by atoms with E-state index in [0.717, 1.165) is 13.1 Å². The van der Waals surface area contributed by atoms with Crippen molar-refractivity contribution in [3.8, 4) is 11.5 Å². The Morgan fingerprint density at radius 1 is 0.971 bits per heavy atom. The molecule has 4 rings (SSSR count).